The molecule has 18 heavy (non-hydrogen) atoms. The van der Waals surface area contributed by atoms with Crippen molar-refractivity contribution in [1.82, 2.24) is 0 Å². The van der Waals surface area contributed by atoms with Crippen molar-refractivity contribution in [2.24, 2.45) is 5.92 Å². The first kappa shape index (κ1) is 13.6. The summed E-state index contributed by atoms with van der Waals surface area (Å²) >= 11 is 3.56. The van der Waals surface area contributed by atoms with Gasteiger partial charge in [-0.15, -0.1) is 0 Å². The van der Waals surface area contributed by atoms with E-state index in [-0.39, 0.29) is 17.1 Å². The maximum atomic E-state index is 12.2. The molecule has 98 valence electrons. The van der Waals surface area contributed by atoms with Crippen molar-refractivity contribution in [3.8, 4) is 5.75 Å². The van der Waals surface area contributed by atoms with Crippen molar-refractivity contribution >= 4 is 21.7 Å². The quantitative estimate of drug-likeness (QED) is 0.779. The fourth-order valence-electron chi connectivity index (χ4n) is 2.54. The van der Waals surface area contributed by atoms with Gasteiger partial charge in [0.1, 0.15) is 5.75 Å². The Morgan fingerprint density at radius 3 is 2.50 bits per heavy atom. The molecule has 1 aromatic carbocycles. The summed E-state index contributed by atoms with van der Waals surface area (Å²) in [5, 5.41) is 0. The summed E-state index contributed by atoms with van der Waals surface area (Å²) in [5.41, 5.74) is 3.10. The van der Waals surface area contributed by atoms with Crippen LogP contribution in [0.5, 0.6) is 5.75 Å². The van der Waals surface area contributed by atoms with Crippen LogP contribution in [-0.2, 0) is 11.8 Å². The molecule has 2 rings (SSSR count). The van der Waals surface area contributed by atoms with E-state index in [1.165, 1.54) is 0 Å². The second-order valence-corrected chi connectivity index (χ2v) is 6.82. The van der Waals surface area contributed by atoms with Gasteiger partial charge in [-0.3, -0.25) is 4.79 Å². The molecule has 0 fully saturated rings. The zero-order valence-corrected chi connectivity index (χ0v) is 13.1. The summed E-state index contributed by atoms with van der Waals surface area (Å²) in [6, 6.07) is 2.14. The largest absolute Gasteiger partial charge is 0.495 e. The molecule has 0 amide bonds. The van der Waals surface area contributed by atoms with Gasteiger partial charge in [0.2, 0.25) is 0 Å². The summed E-state index contributed by atoms with van der Waals surface area (Å²) in [6.45, 7) is 8.45. The van der Waals surface area contributed by atoms with E-state index in [1.807, 2.05) is 6.92 Å². The number of hydrogen-bond donors (Lipinski definition) is 0. The molecule has 0 N–H and O–H groups in total. The van der Waals surface area contributed by atoms with E-state index in [1.54, 1.807) is 7.11 Å². The van der Waals surface area contributed by atoms with Gasteiger partial charge in [-0.2, -0.15) is 0 Å². The average molecular weight is 311 g/mol. The van der Waals surface area contributed by atoms with Gasteiger partial charge in [-0.1, -0.05) is 33.8 Å². The number of carbonyl (C=O) groups excluding carboxylic acids is 1. The Balaban J connectivity index is 2.72. The van der Waals surface area contributed by atoms with Crippen molar-refractivity contribution in [3.63, 3.8) is 0 Å². The van der Waals surface area contributed by atoms with Gasteiger partial charge in [0.05, 0.1) is 11.6 Å². The number of methoxy groups -OCH3 is 1. The van der Waals surface area contributed by atoms with E-state index in [2.05, 4.69) is 42.8 Å². The third kappa shape index (κ3) is 1.99. The molecule has 1 atom stereocenters. The van der Waals surface area contributed by atoms with Crippen LogP contribution in [0, 0.1) is 5.92 Å². The highest BCUT2D eigenvalue weighted by molar-refractivity contribution is 9.10. The van der Waals surface area contributed by atoms with Crippen LogP contribution in [-0.4, -0.2) is 12.9 Å². The predicted molar refractivity (Wildman–Crippen MR) is 76.6 cm³/mol. The molecule has 1 unspecified atom stereocenters. The van der Waals surface area contributed by atoms with Crippen molar-refractivity contribution in [1.29, 1.82) is 0 Å². The molecule has 1 aromatic rings. The van der Waals surface area contributed by atoms with E-state index in [4.69, 9.17) is 4.74 Å². The molecule has 2 nitrogen and oxygen atoms in total. The first-order chi connectivity index (χ1) is 8.27. The van der Waals surface area contributed by atoms with Gasteiger partial charge in [-0.25, -0.2) is 0 Å². The van der Waals surface area contributed by atoms with Crippen molar-refractivity contribution in [2.45, 2.75) is 39.5 Å². The smallest absolute Gasteiger partial charge is 0.167 e. The van der Waals surface area contributed by atoms with Crippen LogP contribution in [0.3, 0.4) is 0 Å². The van der Waals surface area contributed by atoms with Crippen LogP contribution in [0.25, 0.3) is 0 Å². The molecule has 1 aliphatic rings. The molecule has 0 heterocycles. The predicted octanol–water partition coefficient (Wildman–Crippen LogP) is 4.13. The SMILES string of the molecule is COc1c(C(C)(C)C)cc2c(c1Br)C(=O)C(C)C2. The van der Waals surface area contributed by atoms with Crippen LogP contribution >= 0.6 is 15.9 Å². The number of hydrogen-bond acceptors (Lipinski definition) is 2. The van der Waals surface area contributed by atoms with Gasteiger partial charge >= 0.3 is 0 Å². The molecule has 3 heteroatoms. The van der Waals surface area contributed by atoms with E-state index < -0.39 is 0 Å². The number of ether oxygens (including phenoxy) is 1. The van der Waals surface area contributed by atoms with Crippen molar-refractivity contribution in [3.05, 3.63) is 27.2 Å². The number of ketones is 1. The maximum absolute atomic E-state index is 12.2. The Bertz CT molecular complexity index is 512. The lowest BCUT2D eigenvalue weighted by atomic mass is 9.84. The topological polar surface area (TPSA) is 26.3 Å². The second-order valence-electron chi connectivity index (χ2n) is 6.02. The minimum absolute atomic E-state index is 0.00221. The molecule has 0 radical (unpaired) electrons. The number of halogens is 1. The lowest BCUT2D eigenvalue weighted by molar-refractivity contribution is 0.0945. The number of carbonyl (C=O) groups is 1. The molecule has 0 aromatic heterocycles. The number of fused-ring (bicyclic) bond motifs is 1. The Kier molecular flexibility index (Phi) is 3.30. The highest BCUT2D eigenvalue weighted by Crippen LogP contribution is 2.44. The maximum Gasteiger partial charge on any atom is 0.167 e. The Morgan fingerprint density at radius 1 is 1.39 bits per heavy atom. The fourth-order valence-corrected chi connectivity index (χ4v) is 3.36. The van der Waals surface area contributed by atoms with Crippen LogP contribution in [0.15, 0.2) is 10.5 Å². The van der Waals surface area contributed by atoms with Crippen molar-refractivity contribution in [2.75, 3.05) is 7.11 Å². The summed E-state index contributed by atoms with van der Waals surface area (Å²) < 4.78 is 6.33. The Morgan fingerprint density at radius 2 is 2.00 bits per heavy atom. The van der Waals surface area contributed by atoms with E-state index in [0.29, 0.717) is 0 Å². The normalized spacial score (nSPS) is 19.0. The standard InChI is InChI=1S/C15H19BrO2/c1-8-6-9-7-10(15(2,3)4)14(18-5)12(16)11(9)13(8)17/h7-8H,6H2,1-5H3. The van der Waals surface area contributed by atoms with Crippen LogP contribution < -0.4 is 4.74 Å². The second kappa shape index (κ2) is 4.37. The highest BCUT2D eigenvalue weighted by atomic mass is 79.9. The molecular formula is C15H19BrO2. The van der Waals surface area contributed by atoms with Crippen LogP contribution in [0.2, 0.25) is 0 Å². The zero-order chi connectivity index (χ0) is 13.7. The number of Topliss-reactive ketones (excluding diaryl/α,β-unsaturated/α-hetero) is 1. The Labute approximate surface area is 117 Å². The minimum Gasteiger partial charge on any atom is -0.495 e. The first-order valence-electron chi connectivity index (χ1n) is 6.21. The van der Waals surface area contributed by atoms with Crippen molar-refractivity contribution < 1.29 is 9.53 Å². The monoisotopic (exact) mass is 310 g/mol. The third-order valence-electron chi connectivity index (χ3n) is 3.54. The van der Waals surface area contributed by atoms with E-state index >= 15 is 0 Å². The average Bonchev–Trinajstić information content (AvgIpc) is 2.53. The molecule has 0 bridgehead atoms. The summed E-state index contributed by atoms with van der Waals surface area (Å²) in [6.07, 6.45) is 0.833. The van der Waals surface area contributed by atoms with Gasteiger partial charge in [0.25, 0.3) is 0 Å². The Hall–Kier alpha value is -0.830. The summed E-state index contributed by atoms with van der Waals surface area (Å²) in [4.78, 5) is 12.2. The minimum atomic E-state index is -0.00221. The zero-order valence-electron chi connectivity index (χ0n) is 11.6. The lowest BCUT2D eigenvalue weighted by Gasteiger charge is -2.24. The lowest BCUT2D eigenvalue weighted by Crippen LogP contribution is -2.14. The molecule has 0 spiro atoms. The van der Waals surface area contributed by atoms with Gasteiger partial charge in [-0.05, 0) is 33.3 Å². The molecule has 0 saturated carbocycles. The molecule has 1 aliphatic carbocycles. The fraction of sp³-hybridized carbons (Fsp3) is 0.533. The molecular weight excluding hydrogens is 292 g/mol. The van der Waals surface area contributed by atoms with Gasteiger partial charge in [0, 0.05) is 17.0 Å². The van der Waals surface area contributed by atoms with E-state index in [0.717, 1.165) is 33.3 Å². The third-order valence-corrected chi connectivity index (χ3v) is 4.29. The summed E-state index contributed by atoms with van der Waals surface area (Å²) in [7, 11) is 1.66. The number of rotatable bonds is 1. The van der Waals surface area contributed by atoms with Gasteiger partial charge < -0.3 is 4.74 Å². The number of benzene rings is 1. The van der Waals surface area contributed by atoms with Gasteiger partial charge in [0.15, 0.2) is 5.78 Å². The van der Waals surface area contributed by atoms with Crippen LogP contribution in [0.4, 0.5) is 0 Å². The molecule has 0 aliphatic heterocycles. The molecule has 0 saturated heterocycles. The summed E-state index contributed by atoms with van der Waals surface area (Å²) in [5.74, 6) is 1.09. The van der Waals surface area contributed by atoms with Crippen LogP contribution in [0.1, 0.15) is 49.2 Å². The van der Waals surface area contributed by atoms with E-state index in [9.17, 15) is 4.79 Å². The highest BCUT2D eigenvalue weighted by Gasteiger charge is 2.34. The first-order valence-corrected chi connectivity index (χ1v) is 7.00.